The number of nitrogens with one attached hydrogen (secondary N) is 2. The first-order chi connectivity index (χ1) is 20.4. The molecule has 3 aliphatic rings. The maximum Gasteiger partial charge on any atom is 0.411 e. The van der Waals surface area contributed by atoms with Crippen LogP contribution in [0.15, 0.2) is 12.3 Å². The van der Waals surface area contributed by atoms with E-state index in [-0.39, 0.29) is 48.4 Å². The number of amides is 2. The molecule has 2 aliphatic heterocycles. The molecule has 3 heterocycles. The maximum absolute atomic E-state index is 13.6. The molecule has 1 aromatic carbocycles. The number of aromatic nitrogens is 2. The molecule has 3 unspecified atom stereocenters. The highest BCUT2D eigenvalue weighted by molar-refractivity contribution is 6.05. The number of halogens is 3. The molecule has 3 atom stereocenters. The highest BCUT2D eigenvalue weighted by Gasteiger charge is 2.39. The number of likely N-dealkylation sites (tertiary alicyclic amines) is 1. The molecule has 12 heteroatoms. The Morgan fingerprint density at radius 2 is 1.91 bits per heavy atom. The first kappa shape index (κ1) is 31.6. The van der Waals surface area contributed by atoms with Crippen LogP contribution in [0.2, 0.25) is 0 Å². The van der Waals surface area contributed by atoms with E-state index in [0.29, 0.717) is 24.7 Å². The Bertz CT molecular complexity index is 1320. The molecule has 5 rings (SSSR count). The number of carbonyl (C=O) groups excluding carboxylic acids is 2. The molecule has 1 aliphatic carbocycles. The Morgan fingerprint density at radius 1 is 1.21 bits per heavy atom. The third kappa shape index (κ3) is 6.79. The summed E-state index contributed by atoms with van der Waals surface area (Å²) in [7, 11) is 1.87. The van der Waals surface area contributed by atoms with Gasteiger partial charge in [0, 0.05) is 62.3 Å². The van der Waals surface area contributed by atoms with Crippen molar-refractivity contribution in [1.82, 2.24) is 25.3 Å². The number of ether oxygens (including phenoxy) is 1. The lowest BCUT2D eigenvalue weighted by Crippen LogP contribution is -2.58. The minimum atomic E-state index is -4.29. The van der Waals surface area contributed by atoms with Gasteiger partial charge in [0.05, 0.1) is 29.4 Å². The molecule has 238 valence electrons. The van der Waals surface area contributed by atoms with E-state index in [1.165, 1.54) is 0 Å². The van der Waals surface area contributed by atoms with Gasteiger partial charge in [-0.25, -0.2) is 0 Å². The molecule has 0 spiro atoms. The Kier molecular flexibility index (Phi) is 9.27. The first-order valence-corrected chi connectivity index (χ1v) is 15.6. The number of anilines is 1. The standard InChI is InChI=1S/C31H45F3N6O3/c1-6-40(22-9-7-21(8-10-22)39-15-23(16-39)43-17-31(32,33)34)28-20(4)24(12-27-26(28)14-36-38(27)5)29(41)35-13-25-18(2)11-19(3)37-30(25)42/h12,14,18-19,21-23,25H,6-11,13,15-17H2,1-5H3,(H,35,41)(H,37,42). The topological polar surface area (TPSA) is 91.7 Å². The van der Waals surface area contributed by atoms with Crippen LogP contribution in [0.25, 0.3) is 10.9 Å². The SMILES string of the molecule is CCN(c1c(C)c(C(=O)NCC2C(=O)NC(C)CC2C)cc2c1cnn2C)C1CCC(N2CC(OCC(F)(F)F)C2)CC1. The van der Waals surface area contributed by atoms with Crippen LogP contribution >= 0.6 is 0 Å². The number of nitrogens with zero attached hydrogens (tertiary/aromatic N) is 4. The summed E-state index contributed by atoms with van der Waals surface area (Å²) in [5.74, 6) is -0.289. The number of hydrogen-bond donors (Lipinski definition) is 2. The fourth-order valence-corrected chi connectivity index (χ4v) is 7.38. The largest absolute Gasteiger partial charge is 0.411 e. The van der Waals surface area contributed by atoms with Gasteiger partial charge in [0.25, 0.3) is 5.91 Å². The van der Waals surface area contributed by atoms with E-state index in [2.05, 4.69) is 39.4 Å². The highest BCUT2D eigenvalue weighted by Crippen LogP contribution is 2.38. The zero-order chi connectivity index (χ0) is 31.1. The summed E-state index contributed by atoms with van der Waals surface area (Å²) in [6.45, 7) is 9.15. The van der Waals surface area contributed by atoms with E-state index >= 15 is 0 Å². The van der Waals surface area contributed by atoms with Gasteiger partial charge >= 0.3 is 6.18 Å². The Morgan fingerprint density at radius 3 is 2.53 bits per heavy atom. The van der Waals surface area contributed by atoms with Crippen LogP contribution in [0, 0.1) is 18.8 Å². The van der Waals surface area contributed by atoms with Gasteiger partial charge in [-0.2, -0.15) is 18.3 Å². The lowest BCUT2D eigenvalue weighted by atomic mass is 9.84. The fraction of sp³-hybridized carbons (Fsp3) is 0.710. The number of carbonyl (C=O) groups is 2. The van der Waals surface area contributed by atoms with Crippen molar-refractivity contribution >= 4 is 28.4 Å². The number of hydrogen-bond acceptors (Lipinski definition) is 6. The van der Waals surface area contributed by atoms with Gasteiger partial charge in [0.2, 0.25) is 5.91 Å². The van der Waals surface area contributed by atoms with E-state index in [4.69, 9.17) is 4.74 Å². The molecular formula is C31H45F3N6O3. The fourth-order valence-electron chi connectivity index (χ4n) is 7.38. The summed E-state index contributed by atoms with van der Waals surface area (Å²) in [5.41, 5.74) is 3.37. The minimum absolute atomic E-state index is 0.0126. The molecule has 43 heavy (non-hydrogen) atoms. The summed E-state index contributed by atoms with van der Waals surface area (Å²) < 4.78 is 44.3. The minimum Gasteiger partial charge on any atom is -0.368 e. The quantitative estimate of drug-likeness (QED) is 0.446. The van der Waals surface area contributed by atoms with E-state index < -0.39 is 12.8 Å². The van der Waals surface area contributed by atoms with Crippen LogP contribution in [0.5, 0.6) is 0 Å². The Balaban J connectivity index is 1.28. The molecule has 1 saturated carbocycles. The molecule has 2 aromatic rings. The summed E-state index contributed by atoms with van der Waals surface area (Å²) in [4.78, 5) is 30.9. The predicted octanol–water partition coefficient (Wildman–Crippen LogP) is 4.17. The molecule has 2 amide bonds. The van der Waals surface area contributed by atoms with Gasteiger partial charge < -0.3 is 20.3 Å². The van der Waals surface area contributed by atoms with Crippen molar-refractivity contribution < 1.29 is 27.5 Å². The molecule has 2 saturated heterocycles. The van der Waals surface area contributed by atoms with Crippen molar-refractivity contribution in [2.75, 3.05) is 37.7 Å². The van der Waals surface area contributed by atoms with Crippen molar-refractivity contribution in [1.29, 1.82) is 0 Å². The van der Waals surface area contributed by atoms with Crippen LogP contribution < -0.4 is 15.5 Å². The Labute approximate surface area is 251 Å². The molecule has 0 radical (unpaired) electrons. The number of piperidine rings is 1. The summed E-state index contributed by atoms with van der Waals surface area (Å²) >= 11 is 0. The van der Waals surface area contributed by atoms with Gasteiger partial charge in [0.15, 0.2) is 0 Å². The van der Waals surface area contributed by atoms with Crippen molar-refractivity contribution in [3.63, 3.8) is 0 Å². The van der Waals surface area contributed by atoms with Crippen molar-refractivity contribution in [2.45, 2.75) is 90.2 Å². The van der Waals surface area contributed by atoms with Crippen LogP contribution in [0.4, 0.5) is 18.9 Å². The zero-order valence-electron chi connectivity index (χ0n) is 25.8. The summed E-state index contributed by atoms with van der Waals surface area (Å²) in [6, 6.07) is 2.66. The lowest BCUT2D eigenvalue weighted by Gasteiger charge is -2.47. The Hall–Kier alpha value is -2.86. The van der Waals surface area contributed by atoms with E-state index in [1.54, 1.807) is 4.68 Å². The van der Waals surface area contributed by atoms with Crippen molar-refractivity contribution in [3.8, 4) is 0 Å². The van der Waals surface area contributed by atoms with Crippen LogP contribution in [0.3, 0.4) is 0 Å². The van der Waals surface area contributed by atoms with E-state index in [9.17, 15) is 22.8 Å². The number of fused-ring (bicyclic) bond motifs is 1. The number of rotatable bonds is 9. The zero-order valence-corrected chi connectivity index (χ0v) is 25.8. The van der Waals surface area contributed by atoms with Gasteiger partial charge in [0.1, 0.15) is 6.61 Å². The molecule has 2 N–H and O–H groups in total. The summed E-state index contributed by atoms with van der Waals surface area (Å²) in [5, 5.41) is 11.6. The average Bonchev–Trinajstić information content (AvgIpc) is 3.28. The smallest absolute Gasteiger partial charge is 0.368 e. The van der Waals surface area contributed by atoms with Crippen LogP contribution in [-0.4, -0.2) is 89.7 Å². The molecule has 9 nitrogen and oxygen atoms in total. The predicted molar refractivity (Wildman–Crippen MR) is 159 cm³/mol. The third-order valence-corrected chi connectivity index (χ3v) is 9.76. The lowest BCUT2D eigenvalue weighted by molar-refractivity contribution is -0.202. The molecule has 3 fully saturated rings. The van der Waals surface area contributed by atoms with Gasteiger partial charge in [-0.05, 0) is 70.4 Å². The number of alkyl halides is 3. The van der Waals surface area contributed by atoms with E-state index in [0.717, 1.165) is 60.8 Å². The van der Waals surface area contributed by atoms with E-state index in [1.807, 2.05) is 33.2 Å². The molecular weight excluding hydrogens is 561 g/mol. The van der Waals surface area contributed by atoms with Gasteiger partial charge in [-0.15, -0.1) is 0 Å². The maximum atomic E-state index is 13.6. The third-order valence-electron chi connectivity index (χ3n) is 9.76. The number of benzene rings is 1. The molecule has 0 bridgehead atoms. The van der Waals surface area contributed by atoms with Crippen molar-refractivity contribution in [3.05, 3.63) is 23.4 Å². The second-order valence-corrected chi connectivity index (χ2v) is 12.8. The van der Waals surface area contributed by atoms with Crippen molar-refractivity contribution in [2.24, 2.45) is 18.9 Å². The normalized spacial score (nSPS) is 27.2. The second kappa shape index (κ2) is 12.6. The number of aryl methyl sites for hydroxylation is 1. The summed E-state index contributed by atoms with van der Waals surface area (Å²) in [6.07, 6.45) is 1.94. The van der Waals surface area contributed by atoms with Crippen LogP contribution in [-0.2, 0) is 16.6 Å². The van der Waals surface area contributed by atoms with Crippen LogP contribution in [0.1, 0.15) is 68.8 Å². The average molecular weight is 607 g/mol. The monoisotopic (exact) mass is 606 g/mol. The highest BCUT2D eigenvalue weighted by atomic mass is 19.4. The van der Waals surface area contributed by atoms with Gasteiger partial charge in [-0.1, -0.05) is 6.92 Å². The second-order valence-electron chi connectivity index (χ2n) is 12.8. The molecule has 1 aromatic heterocycles. The van der Waals surface area contributed by atoms with Gasteiger partial charge in [-0.3, -0.25) is 19.2 Å². The first-order valence-electron chi connectivity index (χ1n) is 15.6.